The minimum Gasteiger partial charge on any atom is -0.365 e. The van der Waals surface area contributed by atoms with E-state index in [2.05, 4.69) is 35.6 Å². The average Bonchev–Trinajstić information content (AvgIpc) is 3.25. The predicted molar refractivity (Wildman–Crippen MR) is 118 cm³/mol. The molecule has 3 heterocycles. The minimum atomic E-state index is -0.738. The SMILES string of the molecule is O=C(N[C@@H]1CCC[C@H](Nc2nc(-c3c[nH]c4c(F)cc(F)cc34)ncc2F)C1)c1cnccn1. The van der Waals surface area contributed by atoms with E-state index in [1.807, 2.05) is 0 Å². The van der Waals surface area contributed by atoms with Gasteiger partial charge in [-0.05, 0) is 31.7 Å². The smallest absolute Gasteiger partial charge is 0.271 e. The maximum Gasteiger partial charge on any atom is 0.271 e. The molecule has 1 aliphatic carbocycles. The third-order valence-electron chi connectivity index (χ3n) is 5.84. The quantitative estimate of drug-likeness (QED) is 0.410. The molecule has 174 valence electrons. The summed E-state index contributed by atoms with van der Waals surface area (Å²) in [4.78, 5) is 31.3. The highest BCUT2D eigenvalue weighted by atomic mass is 19.1. The largest absolute Gasteiger partial charge is 0.365 e. The number of benzene rings is 1. The summed E-state index contributed by atoms with van der Waals surface area (Å²) >= 11 is 0. The summed E-state index contributed by atoms with van der Waals surface area (Å²) < 4.78 is 42.3. The van der Waals surface area contributed by atoms with Gasteiger partial charge in [-0.3, -0.25) is 9.78 Å². The Morgan fingerprint density at radius 3 is 2.71 bits per heavy atom. The number of carbonyl (C=O) groups excluding carboxylic acids is 1. The number of rotatable bonds is 5. The molecule has 3 N–H and O–H groups in total. The van der Waals surface area contributed by atoms with Crippen LogP contribution in [0.25, 0.3) is 22.3 Å². The molecule has 1 saturated carbocycles. The Hall–Kier alpha value is -4.02. The lowest BCUT2D eigenvalue weighted by Crippen LogP contribution is -2.42. The van der Waals surface area contributed by atoms with E-state index in [0.717, 1.165) is 31.5 Å². The van der Waals surface area contributed by atoms with Gasteiger partial charge < -0.3 is 15.6 Å². The standard InChI is InChI=1S/C23H20F3N7O/c24-12-6-15-16(9-29-20(15)17(25)7-12)21-30-10-18(26)22(33-21)31-13-2-1-3-14(8-13)32-23(34)19-11-27-4-5-28-19/h4-7,9-11,13-14,29H,1-3,8H2,(H,32,34)(H,30,31,33)/t13-,14+/m0/s1. The van der Waals surface area contributed by atoms with Crippen molar-refractivity contribution in [3.8, 4) is 11.4 Å². The number of H-pyrrole nitrogens is 1. The maximum atomic E-state index is 14.5. The summed E-state index contributed by atoms with van der Waals surface area (Å²) in [5.41, 5.74) is 0.706. The van der Waals surface area contributed by atoms with Crippen LogP contribution in [0.2, 0.25) is 0 Å². The Kier molecular flexibility index (Phi) is 5.83. The van der Waals surface area contributed by atoms with E-state index in [0.29, 0.717) is 12.0 Å². The summed E-state index contributed by atoms with van der Waals surface area (Å²) in [6.07, 6.45) is 9.76. The van der Waals surface area contributed by atoms with Crippen LogP contribution in [0.15, 0.2) is 43.1 Å². The van der Waals surface area contributed by atoms with E-state index in [4.69, 9.17) is 0 Å². The van der Waals surface area contributed by atoms with E-state index >= 15 is 0 Å². The van der Waals surface area contributed by atoms with Crippen LogP contribution in [0.3, 0.4) is 0 Å². The van der Waals surface area contributed by atoms with Crippen LogP contribution in [0, 0.1) is 17.5 Å². The van der Waals surface area contributed by atoms with Crippen LogP contribution in [0.1, 0.15) is 36.2 Å². The van der Waals surface area contributed by atoms with Crippen LogP contribution >= 0.6 is 0 Å². The normalized spacial score (nSPS) is 18.1. The van der Waals surface area contributed by atoms with E-state index in [-0.39, 0.29) is 46.2 Å². The number of anilines is 1. The molecule has 0 radical (unpaired) electrons. The molecule has 1 aliphatic rings. The molecule has 0 spiro atoms. The van der Waals surface area contributed by atoms with Gasteiger partial charge in [0.25, 0.3) is 5.91 Å². The van der Waals surface area contributed by atoms with Crippen molar-refractivity contribution in [2.75, 3.05) is 5.32 Å². The van der Waals surface area contributed by atoms with Crippen molar-refractivity contribution in [2.45, 2.75) is 37.8 Å². The van der Waals surface area contributed by atoms with Gasteiger partial charge in [-0.1, -0.05) is 0 Å². The Labute approximate surface area is 192 Å². The molecule has 8 nitrogen and oxygen atoms in total. The second-order valence-electron chi connectivity index (χ2n) is 8.17. The molecule has 0 aliphatic heterocycles. The Morgan fingerprint density at radius 1 is 1.03 bits per heavy atom. The van der Waals surface area contributed by atoms with Gasteiger partial charge in [0.2, 0.25) is 0 Å². The summed E-state index contributed by atoms with van der Waals surface area (Å²) in [6.45, 7) is 0. The number of hydrogen-bond donors (Lipinski definition) is 3. The molecule has 4 aromatic rings. The van der Waals surface area contributed by atoms with Gasteiger partial charge in [0.15, 0.2) is 17.5 Å². The number of hydrogen-bond acceptors (Lipinski definition) is 6. The van der Waals surface area contributed by atoms with E-state index in [1.54, 1.807) is 0 Å². The van der Waals surface area contributed by atoms with Crippen molar-refractivity contribution >= 4 is 22.6 Å². The Balaban J connectivity index is 1.33. The first-order valence-electron chi connectivity index (χ1n) is 10.8. The van der Waals surface area contributed by atoms with Crippen molar-refractivity contribution in [2.24, 2.45) is 0 Å². The second-order valence-corrected chi connectivity index (χ2v) is 8.17. The van der Waals surface area contributed by atoms with Crippen molar-refractivity contribution in [3.05, 3.63) is 66.3 Å². The van der Waals surface area contributed by atoms with E-state index in [9.17, 15) is 18.0 Å². The van der Waals surface area contributed by atoms with E-state index in [1.165, 1.54) is 30.9 Å². The third kappa shape index (κ3) is 4.41. The highest BCUT2D eigenvalue weighted by molar-refractivity contribution is 5.94. The fourth-order valence-corrected chi connectivity index (χ4v) is 4.26. The number of nitrogens with zero attached hydrogens (tertiary/aromatic N) is 4. The lowest BCUT2D eigenvalue weighted by molar-refractivity contribution is 0.0921. The number of carbonyl (C=O) groups is 1. The van der Waals surface area contributed by atoms with Gasteiger partial charge in [0, 0.05) is 47.7 Å². The van der Waals surface area contributed by atoms with E-state index < -0.39 is 17.5 Å². The van der Waals surface area contributed by atoms with Crippen molar-refractivity contribution in [3.63, 3.8) is 0 Å². The lowest BCUT2D eigenvalue weighted by Gasteiger charge is -2.30. The number of fused-ring (bicyclic) bond motifs is 1. The van der Waals surface area contributed by atoms with Crippen LogP contribution in [0.4, 0.5) is 19.0 Å². The zero-order chi connectivity index (χ0) is 23.7. The van der Waals surface area contributed by atoms with Crippen molar-refractivity contribution < 1.29 is 18.0 Å². The monoisotopic (exact) mass is 467 g/mol. The molecule has 3 aromatic heterocycles. The van der Waals surface area contributed by atoms with Crippen LogP contribution < -0.4 is 10.6 Å². The summed E-state index contributed by atoms with van der Waals surface area (Å²) in [7, 11) is 0. The highest BCUT2D eigenvalue weighted by Crippen LogP contribution is 2.30. The number of aromatic amines is 1. The van der Waals surface area contributed by atoms with Crippen LogP contribution in [0.5, 0.6) is 0 Å². The molecule has 1 aromatic carbocycles. The Bertz CT molecular complexity index is 1350. The van der Waals surface area contributed by atoms with Gasteiger partial charge in [-0.15, -0.1) is 0 Å². The van der Waals surface area contributed by atoms with Crippen molar-refractivity contribution in [1.82, 2.24) is 30.2 Å². The maximum absolute atomic E-state index is 14.5. The molecule has 0 unspecified atom stereocenters. The first-order valence-corrected chi connectivity index (χ1v) is 10.8. The summed E-state index contributed by atoms with van der Waals surface area (Å²) in [6, 6.07) is 1.69. The van der Waals surface area contributed by atoms with Crippen LogP contribution in [-0.2, 0) is 0 Å². The molecule has 34 heavy (non-hydrogen) atoms. The van der Waals surface area contributed by atoms with Crippen molar-refractivity contribution in [1.29, 1.82) is 0 Å². The molecule has 0 saturated heterocycles. The fourth-order valence-electron chi connectivity index (χ4n) is 4.26. The van der Waals surface area contributed by atoms with Gasteiger partial charge >= 0.3 is 0 Å². The Morgan fingerprint density at radius 2 is 1.88 bits per heavy atom. The highest BCUT2D eigenvalue weighted by Gasteiger charge is 2.25. The number of amides is 1. The molecule has 5 rings (SSSR count). The fraction of sp³-hybridized carbons (Fsp3) is 0.261. The predicted octanol–water partition coefficient (Wildman–Crippen LogP) is 3.99. The van der Waals surface area contributed by atoms with Gasteiger partial charge in [0.1, 0.15) is 17.3 Å². The number of aromatic nitrogens is 5. The number of nitrogens with one attached hydrogen (secondary N) is 3. The zero-order valence-electron chi connectivity index (χ0n) is 17.9. The topological polar surface area (TPSA) is 108 Å². The molecule has 1 fully saturated rings. The van der Waals surface area contributed by atoms with Crippen LogP contribution in [-0.4, -0.2) is 42.9 Å². The average molecular weight is 467 g/mol. The van der Waals surface area contributed by atoms with Gasteiger partial charge in [-0.2, -0.15) is 0 Å². The lowest BCUT2D eigenvalue weighted by atomic mass is 9.91. The molecule has 2 atom stereocenters. The molecule has 11 heteroatoms. The zero-order valence-corrected chi connectivity index (χ0v) is 17.9. The first-order chi connectivity index (χ1) is 16.5. The van der Waals surface area contributed by atoms with Gasteiger partial charge in [-0.25, -0.2) is 28.1 Å². The second kappa shape index (κ2) is 9.08. The third-order valence-corrected chi connectivity index (χ3v) is 5.84. The first kappa shape index (κ1) is 21.8. The molecule has 0 bridgehead atoms. The molecular formula is C23H20F3N7O. The summed E-state index contributed by atoms with van der Waals surface area (Å²) in [5.74, 6) is -2.31. The van der Waals surface area contributed by atoms with Gasteiger partial charge in [0.05, 0.1) is 17.9 Å². The minimum absolute atomic E-state index is 0.0119. The number of halogens is 3. The summed E-state index contributed by atoms with van der Waals surface area (Å²) in [5, 5.41) is 6.31. The molecular weight excluding hydrogens is 447 g/mol. The molecule has 1 amide bonds.